The Bertz CT molecular complexity index is 973. The van der Waals surface area contributed by atoms with Crippen LogP contribution in [-0.4, -0.2) is 25.7 Å². The molecule has 146 valence electrons. The number of benzene rings is 1. The molecule has 0 radical (unpaired) electrons. The Balaban J connectivity index is 1.47. The fourth-order valence-electron chi connectivity index (χ4n) is 3.53. The first kappa shape index (κ1) is 18.8. The van der Waals surface area contributed by atoms with E-state index in [-0.39, 0.29) is 5.91 Å². The van der Waals surface area contributed by atoms with Crippen LogP contribution in [0.4, 0.5) is 0 Å². The maximum Gasteiger partial charge on any atom is 0.263 e. The van der Waals surface area contributed by atoms with E-state index in [0.717, 1.165) is 60.1 Å². The van der Waals surface area contributed by atoms with Gasteiger partial charge in [-0.2, -0.15) is 0 Å². The van der Waals surface area contributed by atoms with E-state index in [4.69, 9.17) is 0 Å². The molecule has 0 saturated heterocycles. The van der Waals surface area contributed by atoms with Gasteiger partial charge in [-0.15, -0.1) is 21.5 Å². The molecule has 0 bridgehead atoms. The molecule has 1 aliphatic rings. The van der Waals surface area contributed by atoms with Crippen molar-refractivity contribution in [3.8, 4) is 10.6 Å². The highest BCUT2D eigenvalue weighted by atomic mass is 32.1. The number of rotatable bonds is 5. The lowest BCUT2D eigenvalue weighted by Gasteiger charge is -2.07. The first-order valence-corrected chi connectivity index (χ1v) is 10.7. The van der Waals surface area contributed by atoms with Crippen LogP contribution in [0.2, 0.25) is 0 Å². The van der Waals surface area contributed by atoms with Crippen molar-refractivity contribution in [2.45, 2.75) is 59.0 Å². The quantitative estimate of drug-likeness (QED) is 0.710. The van der Waals surface area contributed by atoms with Crippen molar-refractivity contribution in [3.05, 3.63) is 52.0 Å². The van der Waals surface area contributed by atoms with Crippen molar-refractivity contribution in [3.63, 3.8) is 0 Å². The van der Waals surface area contributed by atoms with Gasteiger partial charge < -0.3 is 9.88 Å². The minimum Gasteiger partial charge on any atom is -0.344 e. The van der Waals surface area contributed by atoms with Crippen LogP contribution in [0, 0.1) is 6.92 Å². The minimum absolute atomic E-state index is 0.0996. The lowest BCUT2D eigenvalue weighted by atomic mass is 10.1. The maximum atomic E-state index is 12.7. The molecule has 0 aliphatic carbocycles. The third-order valence-electron chi connectivity index (χ3n) is 5.21. The van der Waals surface area contributed by atoms with Gasteiger partial charge in [-0.25, -0.2) is 4.98 Å². The van der Waals surface area contributed by atoms with Crippen LogP contribution in [0.5, 0.6) is 0 Å². The van der Waals surface area contributed by atoms with Crippen molar-refractivity contribution in [1.29, 1.82) is 0 Å². The second kappa shape index (κ2) is 8.22. The van der Waals surface area contributed by atoms with Crippen LogP contribution >= 0.6 is 11.3 Å². The Hall–Kier alpha value is -2.54. The van der Waals surface area contributed by atoms with Crippen LogP contribution in [0.25, 0.3) is 10.6 Å². The Kier molecular flexibility index (Phi) is 5.52. The molecule has 4 rings (SSSR count). The van der Waals surface area contributed by atoms with Crippen LogP contribution in [0.1, 0.15) is 58.8 Å². The fourth-order valence-corrected chi connectivity index (χ4v) is 4.52. The number of nitrogens with one attached hydrogen (secondary N) is 1. The summed E-state index contributed by atoms with van der Waals surface area (Å²) in [5, 5.41) is 12.5. The lowest BCUT2D eigenvalue weighted by molar-refractivity contribution is 0.0952. The van der Waals surface area contributed by atoms with Gasteiger partial charge in [-0.1, -0.05) is 37.6 Å². The molecule has 1 aliphatic heterocycles. The Morgan fingerprint density at radius 1 is 1.18 bits per heavy atom. The first-order valence-electron chi connectivity index (χ1n) is 9.91. The molecule has 0 spiro atoms. The summed E-state index contributed by atoms with van der Waals surface area (Å²) in [6.07, 6.45) is 5.50. The molecule has 0 atom stereocenters. The van der Waals surface area contributed by atoms with Crippen molar-refractivity contribution in [2.24, 2.45) is 0 Å². The van der Waals surface area contributed by atoms with Gasteiger partial charge in [0, 0.05) is 18.5 Å². The van der Waals surface area contributed by atoms with E-state index in [1.165, 1.54) is 23.3 Å². The molecule has 1 N–H and O–H groups in total. The van der Waals surface area contributed by atoms with Crippen LogP contribution < -0.4 is 5.32 Å². The lowest BCUT2D eigenvalue weighted by Crippen LogP contribution is -2.24. The summed E-state index contributed by atoms with van der Waals surface area (Å²) >= 11 is 1.44. The highest BCUT2D eigenvalue weighted by Gasteiger charge is 2.19. The Morgan fingerprint density at radius 3 is 2.79 bits per heavy atom. The first-order chi connectivity index (χ1) is 13.7. The van der Waals surface area contributed by atoms with Gasteiger partial charge >= 0.3 is 0 Å². The van der Waals surface area contributed by atoms with Gasteiger partial charge in [0.15, 0.2) is 5.82 Å². The van der Waals surface area contributed by atoms with E-state index in [0.29, 0.717) is 11.4 Å². The summed E-state index contributed by atoms with van der Waals surface area (Å²) in [7, 11) is 0. The number of fused-ring (bicyclic) bond motifs is 1. The molecule has 7 heteroatoms. The predicted molar refractivity (Wildman–Crippen MR) is 110 cm³/mol. The van der Waals surface area contributed by atoms with E-state index in [9.17, 15) is 4.79 Å². The van der Waals surface area contributed by atoms with E-state index in [1.807, 2.05) is 6.92 Å². The molecular formula is C21H25N5OS. The zero-order valence-corrected chi connectivity index (χ0v) is 17.2. The Morgan fingerprint density at radius 2 is 2.00 bits per heavy atom. The second-order valence-corrected chi connectivity index (χ2v) is 8.16. The number of aryl methyl sites for hydroxylation is 3. The topological polar surface area (TPSA) is 72.7 Å². The zero-order valence-electron chi connectivity index (χ0n) is 16.4. The Labute approximate surface area is 169 Å². The third-order valence-corrected chi connectivity index (χ3v) is 6.41. The maximum absolute atomic E-state index is 12.7. The smallest absolute Gasteiger partial charge is 0.263 e. The normalized spacial score (nSPS) is 13.8. The molecule has 3 heterocycles. The molecule has 1 amide bonds. The summed E-state index contributed by atoms with van der Waals surface area (Å²) < 4.78 is 2.16. The number of nitrogens with zero attached hydrogens (tertiary/aromatic N) is 4. The summed E-state index contributed by atoms with van der Waals surface area (Å²) in [5.74, 6) is 1.77. The van der Waals surface area contributed by atoms with E-state index in [2.05, 4.69) is 56.3 Å². The average molecular weight is 396 g/mol. The zero-order chi connectivity index (χ0) is 19.5. The molecule has 1 aromatic carbocycles. The standard InChI is InChI=1S/C21H25N5OS/c1-3-15-8-10-16(11-9-15)21-23-14(2)19(28-21)20(27)22-13-18-25-24-17-7-5-4-6-12-26(17)18/h8-11H,3-7,12-13H2,1-2H3,(H,22,27). The fraction of sp³-hybridized carbons (Fsp3) is 0.429. The summed E-state index contributed by atoms with van der Waals surface area (Å²) in [6, 6.07) is 8.38. The van der Waals surface area contributed by atoms with E-state index >= 15 is 0 Å². The molecular weight excluding hydrogens is 370 g/mol. The summed E-state index contributed by atoms with van der Waals surface area (Å²) in [5.41, 5.74) is 3.10. The van der Waals surface area contributed by atoms with Gasteiger partial charge in [0.05, 0.1) is 12.2 Å². The highest BCUT2D eigenvalue weighted by Crippen LogP contribution is 2.28. The van der Waals surface area contributed by atoms with Gasteiger partial charge in [0.25, 0.3) is 5.91 Å². The van der Waals surface area contributed by atoms with Gasteiger partial charge in [0.2, 0.25) is 0 Å². The monoisotopic (exact) mass is 395 g/mol. The van der Waals surface area contributed by atoms with Gasteiger partial charge in [-0.3, -0.25) is 4.79 Å². The van der Waals surface area contributed by atoms with E-state index in [1.54, 1.807) is 0 Å². The molecule has 0 fully saturated rings. The second-order valence-electron chi connectivity index (χ2n) is 7.16. The van der Waals surface area contributed by atoms with Crippen molar-refractivity contribution in [1.82, 2.24) is 25.1 Å². The number of aromatic nitrogens is 4. The molecule has 0 unspecified atom stereocenters. The predicted octanol–water partition coefficient (Wildman–Crippen LogP) is 3.93. The number of carbonyl (C=O) groups excluding carboxylic acids is 1. The van der Waals surface area contributed by atoms with Crippen molar-refractivity contribution >= 4 is 17.2 Å². The van der Waals surface area contributed by atoms with Gasteiger partial charge in [-0.05, 0) is 31.7 Å². The largest absolute Gasteiger partial charge is 0.344 e. The summed E-state index contributed by atoms with van der Waals surface area (Å²) in [6.45, 7) is 5.35. The molecule has 0 saturated carbocycles. The number of hydrogen-bond acceptors (Lipinski definition) is 5. The van der Waals surface area contributed by atoms with Crippen LogP contribution in [-0.2, 0) is 25.9 Å². The van der Waals surface area contributed by atoms with Crippen molar-refractivity contribution < 1.29 is 4.79 Å². The third kappa shape index (κ3) is 3.85. The molecule has 6 nitrogen and oxygen atoms in total. The highest BCUT2D eigenvalue weighted by molar-refractivity contribution is 7.17. The van der Waals surface area contributed by atoms with Crippen molar-refractivity contribution in [2.75, 3.05) is 0 Å². The number of carbonyl (C=O) groups is 1. The minimum atomic E-state index is -0.0996. The summed E-state index contributed by atoms with van der Waals surface area (Å²) in [4.78, 5) is 18.0. The van der Waals surface area contributed by atoms with Crippen LogP contribution in [0.15, 0.2) is 24.3 Å². The number of amides is 1. The average Bonchev–Trinajstić information content (AvgIpc) is 3.21. The van der Waals surface area contributed by atoms with Gasteiger partial charge in [0.1, 0.15) is 15.7 Å². The number of hydrogen-bond donors (Lipinski definition) is 1. The molecule has 28 heavy (non-hydrogen) atoms. The molecule has 3 aromatic rings. The van der Waals surface area contributed by atoms with Crippen LogP contribution in [0.3, 0.4) is 0 Å². The van der Waals surface area contributed by atoms with E-state index < -0.39 is 0 Å². The SMILES string of the molecule is CCc1ccc(-c2nc(C)c(C(=O)NCc3nnc4n3CCCCC4)s2)cc1. The molecule has 2 aromatic heterocycles. The number of thiazole rings is 1.